The van der Waals surface area contributed by atoms with Crippen LogP contribution in [0.2, 0.25) is 0 Å². The van der Waals surface area contributed by atoms with E-state index in [2.05, 4.69) is 25.3 Å². The molecule has 0 bridgehead atoms. The van der Waals surface area contributed by atoms with Gasteiger partial charge in [0.05, 0.1) is 0 Å². The van der Waals surface area contributed by atoms with E-state index in [9.17, 15) is 22.8 Å². The highest BCUT2D eigenvalue weighted by Crippen LogP contribution is 2.22. The summed E-state index contributed by atoms with van der Waals surface area (Å²) in [7, 11) is 0. The molecule has 0 spiro atoms. The molecule has 0 aliphatic rings. The second kappa shape index (κ2) is 8.42. The number of anilines is 1. The molecule has 1 aromatic carbocycles. The van der Waals surface area contributed by atoms with E-state index in [0.717, 1.165) is 18.4 Å². The number of benzene rings is 1. The zero-order chi connectivity index (χ0) is 20.9. The lowest BCUT2D eigenvalue weighted by molar-refractivity contribution is -0.274. The monoisotopic (exact) mass is 406 g/mol. The Morgan fingerprint density at radius 2 is 1.72 bits per heavy atom. The quantitative estimate of drug-likeness (QED) is 0.651. The first-order chi connectivity index (χ1) is 13.8. The molecule has 8 nitrogen and oxygen atoms in total. The summed E-state index contributed by atoms with van der Waals surface area (Å²) in [6.45, 7) is 0.0384. The Hall–Kier alpha value is -3.89. The van der Waals surface area contributed by atoms with Crippen LogP contribution in [0.5, 0.6) is 5.75 Å². The van der Waals surface area contributed by atoms with Crippen molar-refractivity contribution in [2.45, 2.75) is 12.9 Å². The van der Waals surface area contributed by atoms with Crippen LogP contribution in [0.4, 0.5) is 19.2 Å². The van der Waals surface area contributed by atoms with Gasteiger partial charge in [0.25, 0.3) is 11.8 Å². The van der Waals surface area contributed by atoms with E-state index in [1.54, 1.807) is 0 Å². The highest BCUT2D eigenvalue weighted by atomic mass is 19.4. The molecule has 0 atom stereocenters. The molecule has 29 heavy (non-hydrogen) atoms. The zero-order valence-electron chi connectivity index (χ0n) is 14.6. The van der Waals surface area contributed by atoms with Gasteiger partial charge in [-0.05, 0) is 29.8 Å². The largest absolute Gasteiger partial charge is 0.573 e. The van der Waals surface area contributed by atoms with Gasteiger partial charge in [0.1, 0.15) is 12.0 Å². The maximum Gasteiger partial charge on any atom is 0.573 e. The minimum atomic E-state index is -4.77. The minimum absolute atomic E-state index is 0.0384. The fourth-order valence-electron chi connectivity index (χ4n) is 2.19. The van der Waals surface area contributed by atoms with Crippen molar-refractivity contribution in [3.8, 4) is 5.75 Å². The molecule has 0 aliphatic carbocycles. The molecule has 2 amide bonds. The first-order valence-electron chi connectivity index (χ1n) is 8.10. The van der Waals surface area contributed by atoms with Crippen LogP contribution in [0.15, 0.2) is 59.5 Å². The van der Waals surface area contributed by atoms with Gasteiger partial charge in [-0.1, -0.05) is 12.1 Å². The van der Waals surface area contributed by atoms with E-state index in [0.29, 0.717) is 11.1 Å². The summed E-state index contributed by atoms with van der Waals surface area (Å²) in [5.41, 5.74) is 0.803. The standard InChI is InChI=1S/C18H13F3N4O4/c19-18(20,21)29-13-3-1-11(2-4-13)9-23-16(27)14-10-28-17(24-14)25-15(26)12-5-7-22-8-6-12/h1-8,10H,9H2,(H,23,27)(H,24,25,26). The SMILES string of the molecule is O=C(Nc1nc(C(=O)NCc2ccc(OC(F)(F)F)cc2)co1)c1ccncc1. The third-order valence-corrected chi connectivity index (χ3v) is 3.51. The summed E-state index contributed by atoms with van der Waals surface area (Å²) < 4.78 is 45.2. The second-order valence-corrected chi connectivity index (χ2v) is 5.60. The summed E-state index contributed by atoms with van der Waals surface area (Å²) in [6.07, 6.45) is -0.804. The van der Waals surface area contributed by atoms with Crippen LogP contribution in [-0.2, 0) is 6.54 Å². The second-order valence-electron chi connectivity index (χ2n) is 5.60. The zero-order valence-corrected chi connectivity index (χ0v) is 14.6. The number of oxazole rings is 1. The predicted molar refractivity (Wildman–Crippen MR) is 93.0 cm³/mol. The Morgan fingerprint density at radius 3 is 2.38 bits per heavy atom. The Balaban J connectivity index is 1.53. The first-order valence-corrected chi connectivity index (χ1v) is 8.10. The van der Waals surface area contributed by atoms with E-state index >= 15 is 0 Å². The van der Waals surface area contributed by atoms with Gasteiger partial charge in [-0.15, -0.1) is 13.2 Å². The number of alkyl halides is 3. The number of pyridine rings is 1. The third kappa shape index (κ3) is 5.79. The molecule has 150 valence electrons. The summed E-state index contributed by atoms with van der Waals surface area (Å²) in [6, 6.07) is 7.86. The molecular formula is C18H13F3N4O4. The molecule has 3 aromatic rings. The number of nitrogens with zero attached hydrogens (tertiary/aromatic N) is 2. The van der Waals surface area contributed by atoms with E-state index in [-0.39, 0.29) is 24.0 Å². The average Bonchev–Trinajstić information content (AvgIpc) is 3.15. The van der Waals surface area contributed by atoms with Gasteiger partial charge in [-0.25, -0.2) is 0 Å². The highest BCUT2D eigenvalue weighted by Gasteiger charge is 2.30. The first kappa shape index (κ1) is 19.9. The van der Waals surface area contributed by atoms with Gasteiger partial charge < -0.3 is 14.5 Å². The van der Waals surface area contributed by atoms with Crippen molar-refractivity contribution in [1.82, 2.24) is 15.3 Å². The van der Waals surface area contributed by atoms with Gasteiger partial charge in [0, 0.05) is 24.5 Å². The molecule has 3 rings (SSSR count). The van der Waals surface area contributed by atoms with Crippen molar-refractivity contribution in [1.29, 1.82) is 0 Å². The van der Waals surface area contributed by atoms with E-state index in [1.807, 2.05) is 0 Å². The Kier molecular flexibility index (Phi) is 5.77. The van der Waals surface area contributed by atoms with Crippen molar-refractivity contribution < 1.29 is 31.9 Å². The molecule has 0 saturated heterocycles. The molecule has 2 N–H and O–H groups in total. The summed E-state index contributed by atoms with van der Waals surface area (Å²) in [4.78, 5) is 31.8. The van der Waals surface area contributed by atoms with Gasteiger partial charge in [-0.2, -0.15) is 4.98 Å². The number of carbonyl (C=O) groups is 2. The van der Waals surface area contributed by atoms with Crippen molar-refractivity contribution in [3.05, 3.63) is 71.9 Å². The number of nitrogens with one attached hydrogen (secondary N) is 2. The van der Waals surface area contributed by atoms with Gasteiger partial charge in [0.2, 0.25) is 0 Å². The van der Waals surface area contributed by atoms with Crippen LogP contribution in [0.25, 0.3) is 0 Å². The lowest BCUT2D eigenvalue weighted by atomic mass is 10.2. The fraction of sp³-hybridized carbons (Fsp3) is 0.111. The Morgan fingerprint density at radius 1 is 1.03 bits per heavy atom. The Labute approximate surface area is 161 Å². The molecule has 11 heteroatoms. The Bertz CT molecular complexity index is 988. The van der Waals surface area contributed by atoms with Crippen molar-refractivity contribution in [2.75, 3.05) is 5.32 Å². The predicted octanol–water partition coefficient (Wildman–Crippen LogP) is 3.15. The topological polar surface area (TPSA) is 106 Å². The molecule has 0 aliphatic heterocycles. The molecule has 0 radical (unpaired) electrons. The molecular weight excluding hydrogens is 393 g/mol. The van der Waals surface area contributed by atoms with Crippen LogP contribution in [-0.4, -0.2) is 28.1 Å². The van der Waals surface area contributed by atoms with Crippen LogP contribution in [0.1, 0.15) is 26.4 Å². The van der Waals surface area contributed by atoms with E-state index < -0.39 is 18.2 Å². The number of hydrogen-bond donors (Lipinski definition) is 2. The smallest absolute Gasteiger partial charge is 0.431 e. The number of carbonyl (C=O) groups excluding carboxylic acids is 2. The number of amides is 2. The van der Waals surface area contributed by atoms with Gasteiger partial charge in [0.15, 0.2) is 5.69 Å². The van der Waals surface area contributed by atoms with Gasteiger partial charge in [-0.3, -0.25) is 19.9 Å². The maximum absolute atomic E-state index is 12.1. The average molecular weight is 406 g/mol. The summed E-state index contributed by atoms with van der Waals surface area (Å²) in [5, 5.41) is 4.94. The molecule has 0 unspecified atom stereocenters. The lowest BCUT2D eigenvalue weighted by Crippen LogP contribution is -2.23. The molecule has 0 saturated carbocycles. The minimum Gasteiger partial charge on any atom is -0.431 e. The van der Waals surface area contributed by atoms with Crippen molar-refractivity contribution in [3.63, 3.8) is 0 Å². The van der Waals surface area contributed by atoms with Crippen LogP contribution in [0, 0.1) is 0 Å². The molecule has 2 aromatic heterocycles. The number of rotatable bonds is 6. The number of hydrogen-bond acceptors (Lipinski definition) is 6. The van der Waals surface area contributed by atoms with Crippen LogP contribution < -0.4 is 15.4 Å². The molecule has 0 fully saturated rings. The highest BCUT2D eigenvalue weighted by molar-refractivity contribution is 6.03. The van der Waals surface area contributed by atoms with E-state index in [4.69, 9.17) is 4.42 Å². The summed E-state index contributed by atoms with van der Waals surface area (Å²) in [5.74, 6) is -1.44. The van der Waals surface area contributed by atoms with Crippen molar-refractivity contribution >= 4 is 17.8 Å². The molecule has 2 heterocycles. The third-order valence-electron chi connectivity index (χ3n) is 3.51. The van der Waals surface area contributed by atoms with Crippen LogP contribution in [0.3, 0.4) is 0 Å². The van der Waals surface area contributed by atoms with Crippen LogP contribution >= 0.6 is 0 Å². The fourth-order valence-corrected chi connectivity index (χ4v) is 2.19. The van der Waals surface area contributed by atoms with Crippen molar-refractivity contribution in [2.24, 2.45) is 0 Å². The summed E-state index contributed by atoms with van der Waals surface area (Å²) >= 11 is 0. The lowest BCUT2D eigenvalue weighted by Gasteiger charge is -2.09. The number of halogens is 3. The number of aromatic nitrogens is 2. The number of ether oxygens (including phenoxy) is 1. The maximum atomic E-state index is 12.1. The van der Waals surface area contributed by atoms with Gasteiger partial charge >= 0.3 is 12.4 Å². The van der Waals surface area contributed by atoms with E-state index in [1.165, 1.54) is 36.7 Å². The normalized spacial score (nSPS) is 11.0.